The van der Waals surface area contributed by atoms with Crippen LogP contribution in [0.5, 0.6) is 0 Å². The van der Waals surface area contributed by atoms with Crippen LogP contribution in [0.3, 0.4) is 0 Å². The van der Waals surface area contributed by atoms with Gasteiger partial charge < -0.3 is 4.79 Å². The molecule has 2 aliphatic rings. The van der Waals surface area contributed by atoms with Gasteiger partial charge in [0, 0.05) is 42.8 Å². The van der Waals surface area contributed by atoms with Crippen molar-refractivity contribution >= 4 is 11.6 Å². The van der Waals surface area contributed by atoms with Crippen molar-refractivity contribution in [2.45, 2.75) is 19.8 Å². The Morgan fingerprint density at radius 2 is 1.70 bits per heavy atom. The molecule has 2 rings (SSSR count). The predicted molar refractivity (Wildman–Crippen MR) is 78.2 cm³/mol. The van der Waals surface area contributed by atoms with E-state index in [1.165, 1.54) is 13.0 Å². The Hall–Kier alpha value is -1.44. The molecule has 0 aromatic rings. The molecule has 0 atom stereocenters. The van der Waals surface area contributed by atoms with Crippen LogP contribution in [0.2, 0.25) is 0 Å². The van der Waals surface area contributed by atoms with Crippen molar-refractivity contribution in [3.8, 4) is 0 Å². The van der Waals surface area contributed by atoms with Crippen molar-refractivity contribution in [3.63, 3.8) is 0 Å². The van der Waals surface area contributed by atoms with Gasteiger partial charge in [0.25, 0.3) is 0 Å². The molecule has 0 bridgehead atoms. The largest absolute Gasteiger partial charge is 0.300 e. The van der Waals surface area contributed by atoms with Gasteiger partial charge in [0.15, 0.2) is 5.78 Å². The third kappa shape index (κ3) is 9.48. The summed E-state index contributed by atoms with van der Waals surface area (Å²) >= 11 is 0. The van der Waals surface area contributed by atoms with E-state index in [2.05, 4.69) is 0 Å². The summed E-state index contributed by atoms with van der Waals surface area (Å²) in [4.78, 5) is 21.8. The smallest absolute Gasteiger partial charge is 0.156 e. The molecular formula is C17H18FeO2. The van der Waals surface area contributed by atoms with Crippen LogP contribution in [0.1, 0.15) is 19.8 Å². The Morgan fingerprint density at radius 1 is 1.00 bits per heavy atom. The Balaban J connectivity index is 0.000000507. The van der Waals surface area contributed by atoms with Crippen LogP contribution in [0.25, 0.3) is 0 Å². The zero-order chi connectivity index (χ0) is 13.9. The Kier molecular flexibility index (Phi) is 10.6. The minimum atomic E-state index is 0. The van der Waals surface area contributed by atoms with Gasteiger partial charge in [-0.15, -0.1) is 0 Å². The summed E-state index contributed by atoms with van der Waals surface area (Å²) in [6.45, 7) is 1.49. The molecule has 20 heavy (non-hydrogen) atoms. The van der Waals surface area contributed by atoms with Crippen LogP contribution in [0.15, 0.2) is 60.3 Å². The summed E-state index contributed by atoms with van der Waals surface area (Å²) in [5.41, 5.74) is 1.01. The number of ketones is 2. The first-order chi connectivity index (χ1) is 9.18. The van der Waals surface area contributed by atoms with Crippen molar-refractivity contribution in [2.75, 3.05) is 0 Å². The van der Waals surface area contributed by atoms with Gasteiger partial charge >= 0.3 is 0 Å². The molecule has 2 radical (unpaired) electrons. The second-order valence-corrected chi connectivity index (χ2v) is 4.18. The number of Topliss-reactive ketones (excluding diaryl/α,β-unsaturated/α-hetero) is 1. The predicted octanol–water partition coefficient (Wildman–Crippen LogP) is 3.50. The van der Waals surface area contributed by atoms with Crippen LogP contribution in [-0.4, -0.2) is 11.6 Å². The van der Waals surface area contributed by atoms with E-state index in [0.717, 1.165) is 5.57 Å². The van der Waals surface area contributed by atoms with Crippen molar-refractivity contribution in [1.82, 2.24) is 0 Å². The molecule has 0 N–H and O–H groups in total. The minimum absolute atomic E-state index is 0. The zero-order valence-corrected chi connectivity index (χ0v) is 12.5. The van der Waals surface area contributed by atoms with Crippen molar-refractivity contribution in [2.24, 2.45) is 0 Å². The Morgan fingerprint density at radius 3 is 2.15 bits per heavy atom. The van der Waals surface area contributed by atoms with Crippen LogP contribution < -0.4 is 0 Å². The first-order valence-electron chi connectivity index (χ1n) is 6.27. The van der Waals surface area contributed by atoms with E-state index in [9.17, 15) is 9.59 Å². The molecule has 0 saturated carbocycles. The van der Waals surface area contributed by atoms with E-state index >= 15 is 0 Å². The van der Waals surface area contributed by atoms with Crippen molar-refractivity contribution < 1.29 is 26.7 Å². The van der Waals surface area contributed by atoms with Crippen molar-refractivity contribution in [1.29, 1.82) is 0 Å². The molecule has 2 aliphatic carbocycles. The van der Waals surface area contributed by atoms with E-state index in [1.807, 2.05) is 55.4 Å². The number of allylic oxidation sites excluding steroid dienone is 10. The van der Waals surface area contributed by atoms with Crippen LogP contribution in [0, 0.1) is 12.8 Å². The van der Waals surface area contributed by atoms with Gasteiger partial charge in [-0.05, 0) is 18.6 Å². The molecule has 0 fully saturated rings. The van der Waals surface area contributed by atoms with Crippen LogP contribution in [0.4, 0.5) is 0 Å². The standard InChI is InChI=1S/C12H13O2.C5H5.Fe/c1-10(13)6-8-12(14)9-7-11-4-2-3-5-11;1-2-4-5-3-1;/h2-5,7,9H,6,8H2,1H3;1-5H;/b9-7+;;. The Bertz CT molecular complexity index is 455. The third-order valence-electron chi connectivity index (χ3n) is 2.43. The molecule has 0 aromatic heterocycles. The monoisotopic (exact) mass is 310 g/mol. The Labute approximate surface area is 131 Å². The van der Waals surface area contributed by atoms with Gasteiger partial charge in [-0.25, -0.2) is 0 Å². The third-order valence-corrected chi connectivity index (χ3v) is 2.43. The molecule has 0 saturated heterocycles. The molecule has 0 unspecified atom stereocenters. The fourth-order valence-electron chi connectivity index (χ4n) is 1.39. The number of carbonyl (C=O) groups is 2. The topological polar surface area (TPSA) is 34.1 Å². The number of rotatable bonds is 5. The summed E-state index contributed by atoms with van der Waals surface area (Å²) in [6, 6.07) is 0. The van der Waals surface area contributed by atoms with Gasteiger partial charge in [0.2, 0.25) is 0 Å². The maximum Gasteiger partial charge on any atom is 0.156 e. The molecule has 0 heterocycles. The maximum absolute atomic E-state index is 11.2. The van der Waals surface area contributed by atoms with Crippen LogP contribution >= 0.6 is 0 Å². The van der Waals surface area contributed by atoms with Crippen LogP contribution in [-0.2, 0) is 26.7 Å². The molecule has 0 aliphatic heterocycles. The van der Waals surface area contributed by atoms with E-state index in [4.69, 9.17) is 0 Å². The summed E-state index contributed by atoms with van der Waals surface area (Å²) in [6.07, 6.45) is 21.6. The van der Waals surface area contributed by atoms with Gasteiger partial charge in [-0.2, -0.15) is 0 Å². The molecule has 3 heteroatoms. The first-order valence-corrected chi connectivity index (χ1v) is 6.27. The fraction of sp³-hybridized carbons (Fsp3) is 0.176. The molecule has 0 aromatic carbocycles. The van der Waals surface area contributed by atoms with Gasteiger partial charge in [0.1, 0.15) is 5.78 Å². The molecule has 106 valence electrons. The molecular weight excluding hydrogens is 292 g/mol. The first kappa shape index (κ1) is 18.6. The normalized spacial score (nSPS) is 14.8. The van der Waals surface area contributed by atoms with E-state index in [0.29, 0.717) is 12.8 Å². The van der Waals surface area contributed by atoms with Gasteiger partial charge in [-0.1, -0.05) is 48.6 Å². The summed E-state index contributed by atoms with van der Waals surface area (Å²) in [7, 11) is 0. The second kappa shape index (κ2) is 11.4. The summed E-state index contributed by atoms with van der Waals surface area (Å²) in [5, 5.41) is 0. The van der Waals surface area contributed by atoms with E-state index in [-0.39, 0.29) is 28.6 Å². The average Bonchev–Trinajstić information content (AvgIpc) is 3.08. The minimum Gasteiger partial charge on any atom is -0.300 e. The fourth-order valence-corrected chi connectivity index (χ4v) is 1.39. The number of carbonyl (C=O) groups excluding carboxylic acids is 2. The average molecular weight is 310 g/mol. The molecule has 0 spiro atoms. The second-order valence-electron chi connectivity index (χ2n) is 4.18. The molecule has 2 nitrogen and oxygen atoms in total. The molecule has 0 amide bonds. The van der Waals surface area contributed by atoms with Gasteiger partial charge in [0.05, 0.1) is 0 Å². The number of hydrogen-bond donors (Lipinski definition) is 0. The van der Waals surface area contributed by atoms with Gasteiger partial charge in [-0.3, -0.25) is 4.79 Å². The van der Waals surface area contributed by atoms with E-state index in [1.54, 1.807) is 6.08 Å². The summed E-state index contributed by atoms with van der Waals surface area (Å²) < 4.78 is 0. The summed E-state index contributed by atoms with van der Waals surface area (Å²) in [5.74, 6) is 0.0569. The number of hydrogen-bond acceptors (Lipinski definition) is 2. The van der Waals surface area contributed by atoms with E-state index < -0.39 is 0 Å². The SMILES string of the molecule is CC(=O)CCC(=O)/C=C/C1=C[CH]C=C1.[CH]1C=CC=C1.[Fe]. The zero-order valence-electron chi connectivity index (χ0n) is 11.4. The quantitative estimate of drug-likeness (QED) is 0.575. The maximum atomic E-state index is 11.2. The van der Waals surface area contributed by atoms with Crippen molar-refractivity contribution in [3.05, 3.63) is 73.1 Å².